The van der Waals surface area contributed by atoms with E-state index in [1.807, 2.05) is 20.8 Å². The molecule has 0 spiro atoms. The van der Waals surface area contributed by atoms with Crippen LogP contribution in [0.1, 0.15) is 63.2 Å². The van der Waals surface area contributed by atoms with Gasteiger partial charge in [0.15, 0.2) is 12.4 Å². The third kappa shape index (κ3) is 5.92. The van der Waals surface area contributed by atoms with Crippen LogP contribution in [0.15, 0.2) is 24.5 Å². The Labute approximate surface area is 148 Å². The molecule has 1 aromatic heterocycles. The van der Waals surface area contributed by atoms with Crippen molar-refractivity contribution in [3.63, 3.8) is 0 Å². The summed E-state index contributed by atoms with van der Waals surface area (Å²) in [5.41, 5.74) is -0.653. The molecule has 25 heavy (non-hydrogen) atoms. The predicted octanol–water partition coefficient (Wildman–Crippen LogP) is 2.28. The van der Waals surface area contributed by atoms with Gasteiger partial charge in [-0.1, -0.05) is 19.3 Å². The molecule has 1 saturated carbocycles. The Bertz CT molecular complexity index is 602. The summed E-state index contributed by atoms with van der Waals surface area (Å²) in [6, 6.07) is 2.94. The van der Waals surface area contributed by atoms with Gasteiger partial charge in [-0.05, 0) is 33.6 Å². The average molecular weight is 349 g/mol. The second kappa shape index (κ2) is 7.72. The highest BCUT2D eigenvalue weighted by Gasteiger charge is 2.35. The number of carbonyl (C=O) groups excluding carboxylic acids is 2. The fourth-order valence-corrected chi connectivity index (χ4v) is 3.01. The van der Waals surface area contributed by atoms with E-state index in [2.05, 4.69) is 10.6 Å². The lowest BCUT2D eigenvalue weighted by atomic mass is 9.81. The zero-order chi connectivity index (χ0) is 18.5. The molecule has 7 heteroatoms. The minimum absolute atomic E-state index is 0.267. The summed E-state index contributed by atoms with van der Waals surface area (Å²) in [4.78, 5) is 24.5. The number of nitrogens with one attached hydrogen (secondary N) is 2. The van der Waals surface area contributed by atoms with Gasteiger partial charge in [0.05, 0.1) is 11.1 Å². The van der Waals surface area contributed by atoms with Crippen LogP contribution in [0.3, 0.4) is 0 Å². The first-order valence-corrected chi connectivity index (χ1v) is 8.67. The van der Waals surface area contributed by atoms with E-state index in [4.69, 9.17) is 4.74 Å². The summed E-state index contributed by atoms with van der Waals surface area (Å²) in [6.45, 7) is 5.79. The van der Waals surface area contributed by atoms with Gasteiger partial charge in [-0.3, -0.25) is 4.79 Å². The zero-order valence-electron chi connectivity index (χ0n) is 15.1. The highest BCUT2D eigenvalue weighted by atomic mass is 16.6. The summed E-state index contributed by atoms with van der Waals surface area (Å²) < 4.78 is 6.00. The number of aromatic nitrogens is 1. The Morgan fingerprint density at radius 3 is 2.36 bits per heavy atom. The standard InChI is InChI=1S/C18H27N3O4/c1-17(2,3)25-16(23)20-18(9-5-4-6-10-18)13-19-15(22)14-7-11-21(24)12-8-14/h7-8,11-12H,4-6,9-10,13H2,1-3H3,(H,19,22)(H,20,23). The van der Waals surface area contributed by atoms with Crippen LogP contribution in [0.25, 0.3) is 0 Å². The number of rotatable bonds is 4. The molecule has 1 aromatic rings. The number of pyridine rings is 1. The molecule has 1 aliphatic rings. The Hall–Kier alpha value is -2.31. The molecule has 138 valence electrons. The third-order valence-corrected chi connectivity index (χ3v) is 4.23. The van der Waals surface area contributed by atoms with E-state index in [1.54, 1.807) is 0 Å². The van der Waals surface area contributed by atoms with Gasteiger partial charge in [-0.2, -0.15) is 4.73 Å². The molecule has 2 rings (SSSR count). The van der Waals surface area contributed by atoms with Crippen LogP contribution in [0, 0.1) is 5.21 Å². The van der Waals surface area contributed by atoms with Gasteiger partial charge >= 0.3 is 6.09 Å². The van der Waals surface area contributed by atoms with Crippen molar-refractivity contribution in [1.82, 2.24) is 10.6 Å². The fourth-order valence-electron chi connectivity index (χ4n) is 3.01. The van der Waals surface area contributed by atoms with E-state index in [0.29, 0.717) is 16.8 Å². The molecule has 0 atom stereocenters. The Kier molecular flexibility index (Phi) is 5.87. The van der Waals surface area contributed by atoms with Crippen molar-refractivity contribution in [3.8, 4) is 0 Å². The summed E-state index contributed by atoms with van der Waals surface area (Å²) in [7, 11) is 0. The molecule has 0 bridgehead atoms. The molecule has 0 aliphatic heterocycles. The van der Waals surface area contributed by atoms with E-state index in [0.717, 1.165) is 32.1 Å². The molecule has 0 unspecified atom stereocenters. The largest absolute Gasteiger partial charge is 0.619 e. The van der Waals surface area contributed by atoms with Crippen LogP contribution < -0.4 is 15.4 Å². The number of nitrogens with zero attached hydrogens (tertiary/aromatic N) is 1. The maximum absolute atomic E-state index is 12.3. The monoisotopic (exact) mass is 349 g/mol. The van der Waals surface area contributed by atoms with E-state index in [1.165, 1.54) is 24.5 Å². The smallest absolute Gasteiger partial charge is 0.408 e. The van der Waals surface area contributed by atoms with Gasteiger partial charge in [0.25, 0.3) is 5.91 Å². The molecular formula is C18H27N3O4. The third-order valence-electron chi connectivity index (χ3n) is 4.23. The Balaban J connectivity index is 2.00. The molecule has 1 fully saturated rings. The second-order valence-electron chi connectivity index (χ2n) is 7.60. The van der Waals surface area contributed by atoms with E-state index in [9.17, 15) is 14.8 Å². The van der Waals surface area contributed by atoms with Crippen LogP contribution in [0.5, 0.6) is 0 Å². The first-order valence-electron chi connectivity index (χ1n) is 8.67. The Morgan fingerprint density at radius 2 is 1.80 bits per heavy atom. The molecular weight excluding hydrogens is 322 g/mol. The second-order valence-corrected chi connectivity index (χ2v) is 7.60. The highest BCUT2D eigenvalue weighted by molar-refractivity contribution is 5.94. The van der Waals surface area contributed by atoms with Crippen molar-refractivity contribution >= 4 is 12.0 Å². The molecule has 0 aromatic carbocycles. The summed E-state index contributed by atoms with van der Waals surface area (Å²) in [5.74, 6) is -0.267. The van der Waals surface area contributed by atoms with Crippen LogP contribution in [-0.4, -0.2) is 29.7 Å². The lowest BCUT2D eigenvalue weighted by molar-refractivity contribution is -0.605. The predicted molar refractivity (Wildman–Crippen MR) is 92.9 cm³/mol. The summed E-state index contributed by atoms with van der Waals surface area (Å²) >= 11 is 0. The first kappa shape index (κ1) is 19.0. The van der Waals surface area contributed by atoms with Crippen LogP contribution in [0.4, 0.5) is 4.79 Å². The van der Waals surface area contributed by atoms with E-state index < -0.39 is 17.2 Å². The van der Waals surface area contributed by atoms with Gasteiger partial charge in [0.2, 0.25) is 0 Å². The van der Waals surface area contributed by atoms with Gasteiger partial charge < -0.3 is 20.6 Å². The SMILES string of the molecule is CC(C)(C)OC(=O)NC1(CNC(=O)c2cc[n+]([O-])cc2)CCCCC1. The first-order chi connectivity index (χ1) is 11.7. The van der Waals surface area contributed by atoms with Gasteiger partial charge in [0, 0.05) is 18.7 Å². The summed E-state index contributed by atoms with van der Waals surface area (Å²) in [6.07, 6.45) is 6.79. The molecule has 2 amide bonds. The van der Waals surface area contributed by atoms with Gasteiger partial charge in [-0.25, -0.2) is 4.79 Å². The van der Waals surface area contributed by atoms with Crippen molar-refractivity contribution in [1.29, 1.82) is 0 Å². The number of hydrogen-bond donors (Lipinski definition) is 2. The lowest BCUT2D eigenvalue weighted by Gasteiger charge is -2.38. The fraction of sp³-hybridized carbons (Fsp3) is 0.611. The van der Waals surface area contributed by atoms with Crippen molar-refractivity contribution in [2.45, 2.75) is 64.0 Å². The minimum Gasteiger partial charge on any atom is -0.619 e. The van der Waals surface area contributed by atoms with E-state index in [-0.39, 0.29) is 5.91 Å². The molecule has 1 heterocycles. The Morgan fingerprint density at radius 1 is 1.20 bits per heavy atom. The number of hydrogen-bond acceptors (Lipinski definition) is 4. The molecule has 2 N–H and O–H groups in total. The van der Waals surface area contributed by atoms with E-state index >= 15 is 0 Å². The van der Waals surface area contributed by atoms with Crippen molar-refractivity contribution < 1.29 is 19.1 Å². The van der Waals surface area contributed by atoms with Gasteiger partial charge in [-0.15, -0.1) is 0 Å². The maximum Gasteiger partial charge on any atom is 0.408 e. The zero-order valence-corrected chi connectivity index (χ0v) is 15.1. The number of amides is 2. The quantitative estimate of drug-likeness (QED) is 0.644. The van der Waals surface area contributed by atoms with Crippen LogP contribution in [0.2, 0.25) is 0 Å². The summed E-state index contributed by atoms with van der Waals surface area (Å²) in [5, 5.41) is 16.9. The lowest BCUT2D eigenvalue weighted by Crippen LogP contribution is -2.57. The van der Waals surface area contributed by atoms with Crippen molar-refractivity contribution in [2.24, 2.45) is 0 Å². The number of ether oxygens (including phenoxy) is 1. The molecule has 0 radical (unpaired) electrons. The molecule has 7 nitrogen and oxygen atoms in total. The molecule has 0 saturated heterocycles. The average Bonchev–Trinajstić information content (AvgIpc) is 2.52. The number of carbonyl (C=O) groups is 2. The van der Waals surface area contributed by atoms with Crippen LogP contribution in [-0.2, 0) is 4.74 Å². The highest BCUT2D eigenvalue weighted by Crippen LogP contribution is 2.28. The topological polar surface area (TPSA) is 94.4 Å². The van der Waals surface area contributed by atoms with Gasteiger partial charge in [0.1, 0.15) is 5.60 Å². The van der Waals surface area contributed by atoms with Crippen molar-refractivity contribution in [2.75, 3.05) is 6.54 Å². The van der Waals surface area contributed by atoms with Crippen LogP contribution >= 0.6 is 0 Å². The minimum atomic E-state index is -0.569. The molecule has 1 aliphatic carbocycles. The number of alkyl carbamates (subject to hydrolysis) is 1. The normalized spacial score (nSPS) is 16.8. The maximum atomic E-state index is 12.3. The van der Waals surface area contributed by atoms with Crippen molar-refractivity contribution in [3.05, 3.63) is 35.3 Å².